The van der Waals surface area contributed by atoms with E-state index >= 15 is 0 Å². The zero-order chi connectivity index (χ0) is 26.3. The Morgan fingerprint density at radius 3 is 2.28 bits per heavy atom. The molecule has 0 saturated carbocycles. The summed E-state index contributed by atoms with van der Waals surface area (Å²) in [5, 5.41) is 0. The molecular weight excluding hydrogens is 452 g/mol. The van der Waals surface area contributed by atoms with E-state index in [4.69, 9.17) is 0 Å². The van der Waals surface area contributed by atoms with Gasteiger partial charge < -0.3 is 14.7 Å². The summed E-state index contributed by atoms with van der Waals surface area (Å²) in [6.07, 6.45) is 1.90. The number of carbonyl (C=O) groups excluding carboxylic acids is 3. The van der Waals surface area contributed by atoms with Crippen molar-refractivity contribution in [3.8, 4) is 0 Å². The van der Waals surface area contributed by atoms with Gasteiger partial charge in [-0.3, -0.25) is 14.5 Å². The Bertz CT molecular complexity index is 962. The third-order valence-electron chi connectivity index (χ3n) is 8.16. The Balaban J connectivity index is 1.46. The van der Waals surface area contributed by atoms with Gasteiger partial charge in [0.25, 0.3) is 5.91 Å². The lowest BCUT2D eigenvalue weighted by Crippen LogP contribution is -2.57. The predicted molar refractivity (Wildman–Crippen MR) is 141 cm³/mol. The number of amides is 4. The van der Waals surface area contributed by atoms with E-state index in [1.54, 1.807) is 7.05 Å². The molecule has 4 amide bonds. The fraction of sp³-hybridized carbons (Fsp3) is 0.690. The molecular formula is C29H44N4O3. The molecule has 0 N–H and O–H groups in total. The molecule has 1 aromatic carbocycles. The number of hydrogen-bond donors (Lipinski definition) is 0. The first-order valence-corrected chi connectivity index (χ1v) is 13.6. The highest BCUT2D eigenvalue weighted by atomic mass is 16.2. The Morgan fingerprint density at radius 2 is 1.69 bits per heavy atom. The number of imide groups is 1. The smallest absolute Gasteiger partial charge is 0.327 e. The summed E-state index contributed by atoms with van der Waals surface area (Å²) in [7, 11) is 1.62. The van der Waals surface area contributed by atoms with Crippen LogP contribution in [0.5, 0.6) is 0 Å². The Morgan fingerprint density at radius 1 is 1.06 bits per heavy atom. The molecule has 0 aliphatic carbocycles. The lowest BCUT2D eigenvalue weighted by Gasteiger charge is -2.43. The van der Waals surface area contributed by atoms with Crippen molar-refractivity contribution in [2.45, 2.75) is 65.3 Å². The fourth-order valence-electron chi connectivity index (χ4n) is 6.32. The highest BCUT2D eigenvalue weighted by Gasteiger charge is 2.57. The summed E-state index contributed by atoms with van der Waals surface area (Å²) in [4.78, 5) is 46.8. The van der Waals surface area contributed by atoms with Crippen molar-refractivity contribution in [1.82, 2.24) is 19.6 Å². The molecule has 7 nitrogen and oxygen atoms in total. The Hall–Kier alpha value is -2.41. The van der Waals surface area contributed by atoms with Gasteiger partial charge in [-0.05, 0) is 35.7 Å². The molecule has 36 heavy (non-hydrogen) atoms. The molecule has 7 heteroatoms. The van der Waals surface area contributed by atoms with Gasteiger partial charge in [-0.2, -0.15) is 0 Å². The molecule has 3 aliphatic rings. The van der Waals surface area contributed by atoms with Crippen LogP contribution in [0.15, 0.2) is 30.3 Å². The van der Waals surface area contributed by atoms with Crippen LogP contribution in [-0.2, 0) is 9.59 Å². The van der Waals surface area contributed by atoms with Gasteiger partial charge in [-0.25, -0.2) is 4.79 Å². The molecule has 198 valence electrons. The van der Waals surface area contributed by atoms with Gasteiger partial charge in [0.15, 0.2) is 0 Å². The number of likely N-dealkylation sites (tertiary alicyclic amines) is 2. The van der Waals surface area contributed by atoms with Crippen molar-refractivity contribution in [1.29, 1.82) is 0 Å². The summed E-state index contributed by atoms with van der Waals surface area (Å²) < 4.78 is 0. The number of urea groups is 1. The van der Waals surface area contributed by atoms with E-state index in [0.29, 0.717) is 43.6 Å². The summed E-state index contributed by atoms with van der Waals surface area (Å²) >= 11 is 0. The van der Waals surface area contributed by atoms with Crippen molar-refractivity contribution in [3.05, 3.63) is 35.9 Å². The van der Waals surface area contributed by atoms with Crippen molar-refractivity contribution >= 4 is 17.8 Å². The number of rotatable bonds is 6. The number of likely N-dealkylation sites (N-methyl/N-ethyl adjacent to an activating group) is 1. The zero-order valence-corrected chi connectivity index (χ0v) is 23.0. The lowest BCUT2D eigenvalue weighted by atomic mass is 9.84. The van der Waals surface area contributed by atoms with Crippen molar-refractivity contribution in [2.75, 3.05) is 46.3 Å². The number of benzene rings is 1. The second-order valence-corrected chi connectivity index (χ2v) is 12.8. The molecule has 0 unspecified atom stereocenters. The fourth-order valence-corrected chi connectivity index (χ4v) is 6.32. The average Bonchev–Trinajstić information content (AvgIpc) is 3.31. The maximum Gasteiger partial charge on any atom is 0.327 e. The van der Waals surface area contributed by atoms with Crippen LogP contribution >= 0.6 is 0 Å². The van der Waals surface area contributed by atoms with Gasteiger partial charge in [-0.15, -0.1) is 0 Å². The highest BCUT2D eigenvalue weighted by molar-refractivity contribution is 6.06. The van der Waals surface area contributed by atoms with E-state index in [-0.39, 0.29) is 23.3 Å². The SMILES string of the molecule is CC(C)CN1C(=O)N(C)C(=O)C12CCN(C[C@H]1CN(C(=O)CC(C)(C)C)C[C@@H]1c1ccccc1)CC2. The van der Waals surface area contributed by atoms with E-state index in [1.165, 1.54) is 10.5 Å². The lowest BCUT2D eigenvalue weighted by molar-refractivity contribution is -0.135. The Kier molecular flexibility index (Phi) is 7.52. The second kappa shape index (κ2) is 10.2. The molecule has 1 aromatic rings. The van der Waals surface area contributed by atoms with Crippen LogP contribution in [0.2, 0.25) is 0 Å². The Labute approximate surface area is 216 Å². The summed E-state index contributed by atoms with van der Waals surface area (Å²) in [5.41, 5.74) is 0.567. The highest BCUT2D eigenvalue weighted by Crippen LogP contribution is 2.39. The molecule has 0 bridgehead atoms. The zero-order valence-electron chi connectivity index (χ0n) is 23.0. The first-order chi connectivity index (χ1) is 16.9. The van der Waals surface area contributed by atoms with Crippen LogP contribution in [0.4, 0.5) is 4.79 Å². The minimum absolute atomic E-state index is 0.0289. The minimum atomic E-state index is -0.699. The monoisotopic (exact) mass is 496 g/mol. The number of nitrogens with zero attached hydrogens (tertiary/aromatic N) is 4. The third kappa shape index (κ3) is 5.31. The van der Waals surface area contributed by atoms with Crippen molar-refractivity contribution < 1.29 is 14.4 Å². The maximum atomic E-state index is 13.2. The predicted octanol–water partition coefficient (Wildman–Crippen LogP) is 4.05. The number of carbonyl (C=O) groups is 3. The molecule has 4 rings (SSSR count). The van der Waals surface area contributed by atoms with Gasteiger partial charge >= 0.3 is 6.03 Å². The summed E-state index contributed by atoms with van der Waals surface area (Å²) in [6, 6.07) is 10.4. The molecule has 1 spiro atoms. The van der Waals surface area contributed by atoms with E-state index in [9.17, 15) is 14.4 Å². The number of hydrogen-bond acceptors (Lipinski definition) is 4. The minimum Gasteiger partial charge on any atom is -0.342 e. The van der Waals surface area contributed by atoms with Gasteiger partial charge in [-0.1, -0.05) is 65.0 Å². The van der Waals surface area contributed by atoms with E-state index in [2.05, 4.69) is 68.7 Å². The second-order valence-electron chi connectivity index (χ2n) is 12.8. The van der Waals surface area contributed by atoms with Crippen LogP contribution in [0.3, 0.4) is 0 Å². The largest absolute Gasteiger partial charge is 0.342 e. The molecule has 3 fully saturated rings. The summed E-state index contributed by atoms with van der Waals surface area (Å²) in [6.45, 7) is 15.2. The number of piperidine rings is 1. The van der Waals surface area contributed by atoms with Crippen LogP contribution in [0.25, 0.3) is 0 Å². The van der Waals surface area contributed by atoms with Crippen LogP contribution < -0.4 is 0 Å². The topological polar surface area (TPSA) is 64.2 Å². The molecule has 3 heterocycles. The normalized spacial score (nSPS) is 25.0. The molecule has 3 aliphatic heterocycles. The molecule has 2 atom stereocenters. The summed E-state index contributed by atoms with van der Waals surface area (Å²) in [5.74, 6) is 1.16. The van der Waals surface area contributed by atoms with Crippen LogP contribution in [0.1, 0.15) is 65.4 Å². The van der Waals surface area contributed by atoms with Crippen LogP contribution in [-0.4, -0.2) is 89.3 Å². The van der Waals surface area contributed by atoms with E-state index in [1.807, 2.05) is 11.0 Å². The van der Waals surface area contributed by atoms with E-state index in [0.717, 1.165) is 32.7 Å². The van der Waals surface area contributed by atoms with Gasteiger partial charge in [0.05, 0.1) is 0 Å². The van der Waals surface area contributed by atoms with Gasteiger partial charge in [0, 0.05) is 58.7 Å². The maximum absolute atomic E-state index is 13.2. The average molecular weight is 497 g/mol. The molecule has 0 radical (unpaired) electrons. The standard InChI is InChI=1S/C29H44N4O3/c1-21(2)17-33-27(36)30(6)26(35)29(33)12-14-31(15-13-29)18-23-19-32(25(34)16-28(3,4)5)20-24(23)22-10-8-7-9-11-22/h7-11,21,23-24H,12-20H2,1-6H3/t23-,24+/m0/s1. The van der Waals surface area contributed by atoms with Gasteiger partial charge in [0.2, 0.25) is 5.91 Å². The van der Waals surface area contributed by atoms with Crippen molar-refractivity contribution in [3.63, 3.8) is 0 Å². The van der Waals surface area contributed by atoms with Crippen LogP contribution in [0, 0.1) is 17.3 Å². The van der Waals surface area contributed by atoms with Crippen molar-refractivity contribution in [2.24, 2.45) is 17.3 Å². The van der Waals surface area contributed by atoms with E-state index < -0.39 is 5.54 Å². The molecule has 0 aromatic heterocycles. The third-order valence-corrected chi connectivity index (χ3v) is 8.16. The first-order valence-electron chi connectivity index (χ1n) is 13.6. The quantitative estimate of drug-likeness (QED) is 0.558. The molecule has 3 saturated heterocycles. The van der Waals surface area contributed by atoms with Gasteiger partial charge in [0.1, 0.15) is 5.54 Å². The first kappa shape index (κ1) is 26.6.